The number of hydrogen-bond donors (Lipinski definition) is 1. The van der Waals surface area contributed by atoms with Gasteiger partial charge in [-0.15, -0.1) is 11.3 Å². The maximum atomic E-state index is 6.20. The Morgan fingerprint density at radius 3 is 3.06 bits per heavy atom. The van der Waals surface area contributed by atoms with E-state index in [1.807, 2.05) is 6.07 Å². The highest BCUT2D eigenvalue weighted by molar-refractivity contribution is 7.10. The molecule has 0 saturated carbocycles. The Bertz CT molecular complexity index is 347. The molecule has 2 nitrogen and oxygen atoms in total. The molecule has 1 unspecified atom stereocenters. The van der Waals surface area contributed by atoms with Gasteiger partial charge < -0.3 is 5.32 Å². The predicted molar refractivity (Wildman–Crippen MR) is 80.5 cm³/mol. The van der Waals surface area contributed by atoms with Gasteiger partial charge in [-0.05, 0) is 56.3 Å². The molecular weight excluding hydrogens is 264 g/mol. The number of thiophene rings is 1. The second-order valence-electron chi connectivity index (χ2n) is 5.14. The van der Waals surface area contributed by atoms with Gasteiger partial charge in [0.2, 0.25) is 0 Å². The second-order valence-corrected chi connectivity index (χ2v) is 6.55. The lowest BCUT2D eigenvalue weighted by Crippen LogP contribution is -2.38. The summed E-state index contributed by atoms with van der Waals surface area (Å²) in [6.45, 7) is 8.02. The molecule has 0 spiro atoms. The van der Waals surface area contributed by atoms with Crippen molar-refractivity contribution in [1.82, 2.24) is 10.2 Å². The number of rotatable bonds is 6. The van der Waals surface area contributed by atoms with Crippen LogP contribution in [0.25, 0.3) is 0 Å². The first-order chi connectivity index (χ1) is 8.79. The molecule has 102 valence electrons. The second kappa shape index (κ2) is 7.49. The molecule has 0 radical (unpaired) electrons. The van der Waals surface area contributed by atoms with Gasteiger partial charge >= 0.3 is 0 Å². The summed E-state index contributed by atoms with van der Waals surface area (Å²) in [5.74, 6) is 0.809. The lowest BCUT2D eigenvalue weighted by molar-refractivity contribution is 0.203. The van der Waals surface area contributed by atoms with Crippen LogP contribution in [0.5, 0.6) is 0 Å². The van der Waals surface area contributed by atoms with E-state index in [1.54, 1.807) is 11.3 Å². The van der Waals surface area contributed by atoms with Gasteiger partial charge in [0.25, 0.3) is 0 Å². The van der Waals surface area contributed by atoms with Gasteiger partial charge in [-0.25, -0.2) is 0 Å². The Morgan fingerprint density at radius 2 is 2.44 bits per heavy atom. The largest absolute Gasteiger partial charge is 0.316 e. The Hall–Kier alpha value is -0.0900. The summed E-state index contributed by atoms with van der Waals surface area (Å²) in [7, 11) is 0. The van der Waals surface area contributed by atoms with Crippen molar-refractivity contribution in [2.75, 3.05) is 26.2 Å². The molecule has 1 atom stereocenters. The summed E-state index contributed by atoms with van der Waals surface area (Å²) in [5.41, 5.74) is 0. The molecule has 4 heteroatoms. The summed E-state index contributed by atoms with van der Waals surface area (Å²) in [6, 6.07) is 2.01. The quantitative estimate of drug-likeness (QED) is 0.859. The van der Waals surface area contributed by atoms with Crippen molar-refractivity contribution < 1.29 is 0 Å². The minimum absolute atomic E-state index is 0.809. The van der Waals surface area contributed by atoms with E-state index >= 15 is 0 Å². The first kappa shape index (κ1) is 14.3. The molecule has 0 aliphatic carbocycles. The fraction of sp³-hybridized carbons (Fsp3) is 0.714. The molecule has 1 N–H and O–H groups in total. The van der Waals surface area contributed by atoms with Crippen LogP contribution in [0.4, 0.5) is 0 Å². The van der Waals surface area contributed by atoms with Crippen LogP contribution in [0.2, 0.25) is 5.02 Å². The van der Waals surface area contributed by atoms with Crippen molar-refractivity contribution in [3.05, 3.63) is 21.3 Å². The van der Waals surface area contributed by atoms with Crippen molar-refractivity contribution in [2.45, 2.75) is 32.7 Å². The zero-order valence-electron chi connectivity index (χ0n) is 11.1. The normalized spacial score (nSPS) is 20.5. The fourth-order valence-corrected chi connectivity index (χ4v) is 3.77. The van der Waals surface area contributed by atoms with Crippen LogP contribution in [-0.4, -0.2) is 31.1 Å². The van der Waals surface area contributed by atoms with Gasteiger partial charge in [0.1, 0.15) is 0 Å². The van der Waals surface area contributed by atoms with E-state index < -0.39 is 0 Å². The molecule has 0 aromatic carbocycles. The van der Waals surface area contributed by atoms with Crippen molar-refractivity contribution >= 4 is 22.9 Å². The maximum absolute atomic E-state index is 6.20. The van der Waals surface area contributed by atoms with Crippen LogP contribution in [0.3, 0.4) is 0 Å². The number of hydrogen-bond acceptors (Lipinski definition) is 3. The summed E-state index contributed by atoms with van der Waals surface area (Å²) >= 11 is 7.97. The first-order valence-corrected chi connectivity index (χ1v) is 8.20. The van der Waals surface area contributed by atoms with Crippen LogP contribution >= 0.6 is 22.9 Å². The van der Waals surface area contributed by atoms with Crippen LogP contribution in [-0.2, 0) is 6.54 Å². The molecule has 1 saturated heterocycles. The summed E-state index contributed by atoms with van der Waals surface area (Å²) in [6.07, 6.45) is 3.90. The van der Waals surface area contributed by atoms with E-state index in [-0.39, 0.29) is 0 Å². The van der Waals surface area contributed by atoms with Gasteiger partial charge in [-0.2, -0.15) is 0 Å². The molecule has 1 aliphatic rings. The number of nitrogens with one attached hydrogen (secondary N) is 1. The Morgan fingerprint density at radius 1 is 1.56 bits per heavy atom. The van der Waals surface area contributed by atoms with Crippen molar-refractivity contribution in [3.8, 4) is 0 Å². The fourth-order valence-electron chi connectivity index (χ4n) is 2.64. The van der Waals surface area contributed by atoms with Crippen molar-refractivity contribution in [2.24, 2.45) is 5.92 Å². The number of nitrogens with zero attached hydrogens (tertiary/aromatic N) is 1. The molecule has 18 heavy (non-hydrogen) atoms. The van der Waals surface area contributed by atoms with E-state index in [0.29, 0.717) is 0 Å². The van der Waals surface area contributed by atoms with E-state index in [1.165, 1.54) is 50.3 Å². The highest BCUT2D eigenvalue weighted by atomic mass is 35.5. The topological polar surface area (TPSA) is 15.3 Å². The van der Waals surface area contributed by atoms with Gasteiger partial charge in [0.15, 0.2) is 0 Å². The lowest BCUT2D eigenvalue weighted by atomic mass is 9.99. The highest BCUT2D eigenvalue weighted by Crippen LogP contribution is 2.24. The monoisotopic (exact) mass is 286 g/mol. The van der Waals surface area contributed by atoms with E-state index in [0.717, 1.165) is 17.5 Å². The first-order valence-electron chi connectivity index (χ1n) is 6.94. The lowest BCUT2D eigenvalue weighted by Gasteiger charge is -2.29. The molecular formula is C14H23ClN2S. The Kier molecular flexibility index (Phi) is 5.96. The average molecular weight is 287 g/mol. The molecule has 0 amide bonds. The smallest absolute Gasteiger partial charge is 0.0558 e. The standard InChI is InChI=1S/C14H23ClN2S/c1-2-7-17(10-12-4-3-6-16-9-12)11-14-13(15)5-8-18-14/h5,8,12,16H,2-4,6-7,9-11H2,1H3. The van der Waals surface area contributed by atoms with Crippen molar-refractivity contribution in [1.29, 1.82) is 0 Å². The van der Waals surface area contributed by atoms with Crippen LogP contribution in [0.1, 0.15) is 31.1 Å². The van der Waals surface area contributed by atoms with Crippen molar-refractivity contribution in [3.63, 3.8) is 0 Å². The molecule has 1 aromatic rings. The summed E-state index contributed by atoms with van der Waals surface area (Å²) < 4.78 is 0. The Labute approximate surface area is 119 Å². The van der Waals surface area contributed by atoms with Crippen LogP contribution in [0.15, 0.2) is 11.4 Å². The molecule has 1 fully saturated rings. The molecule has 2 heterocycles. The average Bonchev–Trinajstić information content (AvgIpc) is 2.77. The Balaban J connectivity index is 1.88. The minimum atomic E-state index is 0.809. The SMILES string of the molecule is CCCN(Cc1sccc1Cl)CC1CCCNC1. The predicted octanol–water partition coefficient (Wildman–Crippen LogP) is 3.61. The van der Waals surface area contributed by atoms with Gasteiger partial charge in [0, 0.05) is 18.0 Å². The third-order valence-electron chi connectivity index (χ3n) is 3.51. The third-order valence-corrected chi connectivity index (χ3v) is 4.89. The van der Waals surface area contributed by atoms with Gasteiger partial charge in [-0.3, -0.25) is 4.90 Å². The van der Waals surface area contributed by atoms with Gasteiger partial charge in [-0.1, -0.05) is 18.5 Å². The zero-order valence-corrected chi connectivity index (χ0v) is 12.7. The summed E-state index contributed by atoms with van der Waals surface area (Å²) in [5, 5.41) is 6.52. The molecule has 1 aromatic heterocycles. The number of halogens is 1. The van der Waals surface area contributed by atoms with Crippen LogP contribution < -0.4 is 5.32 Å². The highest BCUT2D eigenvalue weighted by Gasteiger charge is 2.17. The third kappa shape index (κ3) is 4.23. The summed E-state index contributed by atoms with van der Waals surface area (Å²) in [4.78, 5) is 3.88. The number of piperidine rings is 1. The molecule has 1 aliphatic heterocycles. The van der Waals surface area contributed by atoms with E-state index in [4.69, 9.17) is 11.6 Å². The maximum Gasteiger partial charge on any atom is 0.0558 e. The van der Waals surface area contributed by atoms with Crippen LogP contribution in [0, 0.1) is 5.92 Å². The van der Waals surface area contributed by atoms with E-state index in [2.05, 4.69) is 22.5 Å². The molecule has 2 rings (SSSR count). The molecule has 0 bridgehead atoms. The van der Waals surface area contributed by atoms with Gasteiger partial charge in [0.05, 0.1) is 5.02 Å². The van der Waals surface area contributed by atoms with E-state index in [9.17, 15) is 0 Å². The minimum Gasteiger partial charge on any atom is -0.316 e. The zero-order chi connectivity index (χ0) is 12.8.